The number of ether oxygens (including phenoxy) is 1. The average molecular weight is 267 g/mol. The van der Waals surface area contributed by atoms with E-state index in [0.29, 0.717) is 13.0 Å². The van der Waals surface area contributed by atoms with Crippen molar-refractivity contribution in [1.29, 1.82) is 5.26 Å². The van der Waals surface area contributed by atoms with Crippen LogP contribution in [0.25, 0.3) is 0 Å². The summed E-state index contributed by atoms with van der Waals surface area (Å²) >= 11 is 0. The molecular formula is C12H14FN3O3. The molecular weight excluding hydrogens is 253 g/mol. The highest BCUT2D eigenvalue weighted by Crippen LogP contribution is 2.29. The summed E-state index contributed by atoms with van der Waals surface area (Å²) < 4.78 is 18.6. The lowest BCUT2D eigenvalue weighted by Crippen LogP contribution is -2.29. The van der Waals surface area contributed by atoms with Crippen LogP contribution in [0.3, 0.4) is 0 Å². The van der Waals surface area contributed by atoms with Crippen LogP contribution >= 0.6 is 0 Å². The highest BCUT2D eigenvalue weighted by atomic mass is 19.1. The van der Waals surface area contributed by atoms with Crippen LogP contribution in [0.2, 0.25) is 0 Å². The van der Waals surface area contributed by atoms with Gasteiger partial charge in [-0.1, -0.05) is 13.0 Å². The largest absolute Gasteiger partial charge is 0.485 e. The maximum atomic E-state index is 13.5. The molecule has 6 nitrogen and oxygen atoms in total. The quantitative estimate of drug-likeness (QED) is 0.603. The zero-order valence-electron chi connectivity index (χ0n) is 10.4. The highest BCUT2D eigenvalue weighted by molar-refractivity contribution is 5.46. The van der Waals surface area contributed by atoms with Gasteiger partial charge in [-0.2, -0.15) is 5.26 Å². The van der Waals surface area contributed by atoms with Crippen LogP contribution in [0.5, 0.6) is 5.75 Å². The number of hydrogen-bond donors (Lipinski definition) is 1. The Morgan fingerprint density at radius 2 is 2.37 bits per heavy atom. The average Bonchev–Trinajstić information content (AvgIpc) is 2.39. The van der Waals surface area contributed by atoms with Crippen molar-refractivity contribution in [2.75, 3.05) is 13.2 Å². The van der Waals surface area contributed by atoms with Crippen LogP contribution in [-0.4, -0.2) is 24.1 Å². The standard InChI is InChI=1S/C12H14FN3O3/c1-2-15-9(8-14)6-7-19-12-10(13)4-3-5-11(12)16(17)18/h3-5,9,15H,2,6-7H2,1H3. The zero-order valence-corrected chi connectivity index (χ0v) is 10.4. The second-order valence-corrected chi connectivity index (χ2v) is 3.72. The Morgan fingerprint density at radius 3 is 2.95 bits per heavy atom. The van der Waals surface area contributed by atoms with Crippen LogP contribution in [0.4, 0.5) is 10.1 Å². The molecule has 0 saturated carbocycles. The van der Waals surface area contributed by atoms with Gasteiger partial charge in [-0.15, -0.1) is 0 Å². The number of halogens is 1. The number of nitrogens with zero attached hydrogens (tertiary/aromatic N) is 2. The molecule has 1 atom stereocenters. The van der Waals surface area contributed by atoms with Crippen molar-refractivity contribution in [2.45, 2.75) is 19.4 Å². The summed E-state index contributed by atoms with van der Waals surface area (Å²) in [4.78, 5) is 10.0. The van der Waals surface area contributed by atoms with Crippen LogP contribution in [0.1, 0.15) is 13.3 Å². The lowest BCUT2D eigenvalue weighted by Gasteiger charge is -2.11. The Balaban J connectivity index is 2.68. The molecule has 1 unspecified atom stereocenters. The third kappa shape index (κ3) is 4.19. The molecule has 0 aliphatic carbocycles. The van der Waals surface area contributed by atoms with Crippen molar-refractivity contribution >= 4 is 5.69 Å². The SMILES string of the molecule is CCNC(C#N)CCOc1c(F)cccc1[N+](=O)[O-]. The molecule has 0 heterocycles. The molecule has 0 fully saturated rings. The van der Waals surface area contributed by atoms with E-state index in [1.165, 1.54) is 12.1 Å². The zero-order chi connectivity index (χ0) is 14.3. The first-order valence-electron chi connectivity index (χ1n) is 5.78. The molecule has 0 aliphatic rings. The summed E-state index contributed by atoms with van der Waals surface area (Å²) in [6.07, 6.45) is 0.315. The summed E-state index contributed by atoms with van der Waals surface area (Å²) in [6, 6.07) is 5.11. The fourth-order valence-electron chi connectivity index (χ4n) is 1.52. The van der Waals surface area contributed by atoms with Gasteiger partial charge >= 0.3 is 5.69 Å². The van der Waals surface area contributed by atoms with Gasteiger partial charge < -0.3 is 10.1 Å². The minimum Gasteiger partial charge on any atom is -0.485 e. The molecule has 1 aromatic rings. The molecule has 102 valence electrons. The second-order valence-electron chi connectivity index (χ2n) is 3.72. The van der Waals surface area contributed by atoms with Crippen LogP contribution in [-0.2, 0) is 0 Å². The first kappa shape index (κ1) is 14.9. The van der Waals surface area contributed by atoms with Gasteiger partial charge in [-0.25, -0.2) is 4.39 Å². The molecule has 0 aromatic heterocycles. The fraction of sp³-hybridized carbons (Fsp3) is 0.417. The van der Waals surface area contributed by atoms with Gasteiger partial charge in [0.25, 0.3) is 0 Å². The van der Waals surface area contributed by atoms with Crippen molar-refractivity contribution in [3.63, 3.8) is 0 Å². The van der Waals surface area contributed by atoms with Crippen molar-refractivity contribution in [3.05, 3.63) is 34.1 Å². The normalized spacial score (nSPS) is 11.6. The number of nitro groups is 1. The second kappa shape index (κ2) is 7.28. The minimum absolute atomic E-state index is 0.0208. The van der Waals surface area contributed by atoms with Crippen LogP contribution in [0.15, 0.2) is 18.2 Å². The number of hydrogen-bond acceptors (Lipinski definition) is 5. The number of rotatable bonds is 7. The van der Waals surface area contributed by atoms with Gasteiger partial charge in [0.2, 0.25) is 5.75 Å². The smallest absolute Gasteiger partial charge is 0.314 e. The number of nitro benzene ring substituents is 1. The van der Waals surface area contributed by atoms with E-state index < -0.39 is 22.5 Å². The Bertz CT molecular complexity index is 488. The predicted molar refractivity (Wildman–Crippen MR) is 66.2 cm³/mol. The van der Waals surface area contributed by atoms with Crippen molar-refractivity contribution < 1.29 is 14.1 Å². The third-order valence-electron chi connectivity index (χ3n) is 2.40. The lowest BCUT2D eigenvalue weighted by molar-refractivity contribution is -0.386. The molecule has 0 amide bonds. The Kier molecular flexibility index (Phi) is 5.70. The number of nitrogens with one attached hydrogen (secondary N) is 1. The summed E-state index contributed by atoms with van der Waals surface area (Å²) in [5.41, 5.74) is -0.419. The van der Waals surface area contributed by atoms with Crippen LogP contribution < -0.4 is 10.1 Å². The molecule has 1 aromatic carbocycles. The molecule has 0 bridgehead atoms. The predicted octanol–water partition coefficient (Wildman–Crippen LogP) is 2.00. The number of benzene rings is 1. The van der Waals surface area contributed by atoms with E-state index in [1.54, 1.807) is 0 Å². The summed E-state index contributed by atoms with van der Waals surface area (Å²) in [5.74, 6) is -1.17. The van der Waals surface area contributed by atoms with E-state index in [1.807, 2.05) is 13.0 Å². The van der Waals surface area contributed by atoms with Crippen molar-refractivity contribution in [1.82, 2.24) is 5.32 Å². The lowest BCUT2D eigenvalue weighted by atomic mass is 10.2. The molecule has 7 heteroatoms. The molecule has 0 radical (unpaired) electrons. The number of para-hydroxylation sites is 1. The minimum atomic E-state index is -0.786. The molecule has 0 saturated heterocycles. The van der Waals surface area contributed by atoms with Crippen molar-refractivity contribution in [2.24, 2.45) is 0 Å². The van der Waals surface area contributed by atoms with E-state index in [0.717, 1.165) is 6.07 Å². The summed E-state index contributed by atoms with van der Waals surface area (Å²) in [5, 5.41) is 22.4. The van der Waals surface area contributed by atoms with Gasteiger partial charge in [-0.05, 0) is 12.6 Å². The highest BCUT2D eigenvalue weighted by Gasteiger charge is 2.19. The topological polar surface area (TPSA) is 88.2 Å². The van der Waals surface area contributed by atoms with E-state index in [-0.39, 0.29) is 12.4 Å². The Labute approximate surface area is 109 Å². The van der Waals surface area contributed by atoms with E-state index in [4.69, 9.17) is 10.00 Å². The maximum Gasteiger partial charge on any atom is 0.314 e. The Hall–Kier alpha value is -2.20. The van der Waals surface area contributed by atoms with E-state index in [9.17, 15) is 14.5 Å². The first-order valence-corrected chi connectivity index (χ1v) is 5.78. The van der Waals surface area contributed by atoms with Gasteiger partial charge in [-0.3, -0.25) is 10.1 Å². The monoisotopic (exact) mass is 267 g/mol. The molecule has 0 spiro atoms. The Morgan fingerprint density at radius 1 is 1.63 bits per heavy atom. The van der Waals surface area contributed by atoms with Gasteiger partial charge in [0.05, 0.1) is 23.6 Å². The summed E-state index contributed by atoms with van der Waals surface area (Å²) in [6.45, 7) is 2.50. The van der Waals surface area contributed by atoms with Gasteiger partial charge in [0.15, 0.2) is 5.82 Å². The molecule has 1 rings (SSSR count). The summed E-state index contributed by atoms with van der Waals surface area (Å²) in [7, 11) is 0. The molecule has 19 heavy (non-hydrogen) atoms. The fourth-order valence-corrected chi connectivity index (χ4v) is 1.52. The third-order valence-corrected chi connectivity index (χ3v) is 2.40. The molecule has 1 N–H and O–H groups in total. The first-order chi connectivity index (χ1) is 9.10. The maximum absolute atomic E-state index is 13.5. The van der Waals surface area contributed by atoms with Crippen LogP contribution in [0, 0.1) is 27.3 Å². The molecule has 0 aliphatic heterocycles. The van der Waals surface area contributed by atoms with Gasteiger partial charge in [0, 0.05) is 12.5 Å². The van der Waals surface area contributed by atoms with E-state index >= 15 is 0 Å². The van der Waals surface area contributed by atoms with E-state index in [2.05, 4.69) is 5.32 Å². The van der Waals surface area contributed by atoms with Crippen molar-refractivity contribution in [3.8, 4) is 11.8 Å². The number of nitriles is 1. The van der Waals surface area contributed by atoms with Gasteiger partial charge in [0.1, 0.15) is 0 Å².